The topological polar surface area (TPSA) is 63.1 Å². The zero-order chi connectivity index (χ0) is 22.0. The van der Waals surface area contributed by atoms with Gasteiger partial charge in [0.2, 0.25) is 0 Å². The molecule has 6 rings (SSSR count). The van der Waals surface area contributed by atoms with Crippen LogP contribution >= 0.6 is 0 Å². The molecular weight excluding hydrogens is 400 g/mol. The average Bonchev–Trinajstić information content (AvgIpc) is 3.34. The maximum atomic E-state index is 13.5. The molecule has 6 heteroatoms. The first-order valence-corrected chi connectivity index (χ1v) is 11.2. The SMILES string of the molecule is Cc1[nH]c2c(C(=O)N3CCC4(CC3)Oc3ccccc3-c3c4cnn3C)cccc2c1C. The van der Waals surface area contributed by atoms with Crippen LogP contribution in [-0.2, 0) is 12.6 Å². The van der Waals surface area contributed by atoms with Crippen LogP contribution in [0.25, 0.3) is 22.2 Å². The van der Waals surface area contributed by atoms with Crippen molar-refractivity contribution in [3.8, 4) is 17.0 Å². The Morgan fingerprint density at radius 1 is 1.09 bits per heavy atom. The molecule has 4 heterocycles. The number of piperidine rings is 1. The standard InChI is InChI=1S/C26H26N4O2/c1-16-17(2)28-23-18(16)8-6-9-20(23)25(31)30-13-11-26(12-14-30)21-15-27-29(3)24(21)19-7-4-5-10-22(19)32-26/h4-10,15,28H,11-14H2,1-3H3. The van der Waals surface area contributed by atoms with Crippen molar-refractivity contribution in [2.75, 3.05) is 13.1 Å². The first-order valence-electron chi connectivity index (χ1n) is 11.2. The largest absolute Gasteiger partial charge is 0.482 e. The van der Waals surface area contributed by atoms with Gasteiger partial charge in [-0.15, -0.1) is 0 Å². The maximum Gasteiger partial charge on any atom is 0.255 e. The highest BCUT2D eigenvalue weighted by molar-refractivity contribution is 6.06. The number of ether oxygens (including phenoxy) is 1. The number of H-pyrrole nitrogens is 1. The molecule has 2 aromatic carbocycles. The Morgan fingerprint density at radius 3 is 2.69 bits per heavy atom. The molecular formula is C26H26N4O2. The van der Waals surface area contributed by atoms with Crippen LogP contribution < -0.4 is 4.74 Å². The van der Waals surface area contributed by atoms with E-state index in [-0.39, 0.29) is 5.91 Å². The van der Waals surface area contributed by atoms with Gasteiger partial charge < -0.3 is 14.6 Å². The van der Waals surface area contributed by atoms with Crippen LogP contribution in [-0.4, -0.2) is 38.7 Å². The van der Waals surface area contributed by atoms with Crippen LogP contribution in [0.3, 0.4) is 0 Å². The van der Waals surface area contributed by atoms with Gasteiger partial charge in [0.1, 0.15) is 11.4 Å². The van der Waals surface area contributed by atoms with E-state index in [1.165, 1.54) is 5.56 Å². The number of hydrogen-bond donors (Lipinski definition) is 1. The van der Waals surface area contributed by atoms with Crippen LogP contribution in [0, 0.1) is 13.8 Å². The summed E-state index contributed by atoms with van der Waals surface area (Å²) >= 11 is 0. The summed E-state index contributed by atoms with van der Waals surface area (Å²) in [5.74, 6) is 0.972. The zero-order valence-electron chi connectivity index (χ0n) is 18.6. The third-order valence-electron chi connectivity index (χ3n) is 7.31. The number of likely N-dealkylation sites (tertiary alicyclic amines) is 1. The minimum absolute atomic E-state index is 0.0781. The summed E-state index contributed by atoms with van der Waals surface area (Å²) in [7, 11) is 1.98. The number of aryl methyl sites for hydroxylation is 3. The first kappa shape index (κ1) is 19.2. The number of aromatic nitrogens is 3. The molecule has 0 aliphatic carbocycles. The number of amides is 1. The van der Waals surface area contributed by atoms with Crippen molar-refractivity contribution >= 4 is 16.8 Å². The highest BCUT2D eigenvalue weighted by atomic mass is 16.5. The Morgan fingerprint density at radius 2 is 1.88 bits per heavy atom. The minimum Gasteiger partial charge on any atom is -0.482 e. The number of para-hydroxylation sites is 2. The Kier molecular flexibility index (Phi) is 4.03. The lowest BCUT2D eigenvalue weighted by molar-refractivity contribution is -0.00166. The molecule has 0 saturated carbocycles. The van der Waals surface area contributed by atoms with Gasteiger partial charge in [-0.1, -0.05) is 24.3 Å². The lowest BCUT2D eigenvalue weighted by Crippen LogP contribution is -2.49. The van der Waals surface area contributed by atoms with Crippen LogP contribution in [0.15, 0.2) is 48.7 Å². The lowest BCUT2D eigenvalue weighted by Gasteiger charge is -2.44. The third-order valence-corrected chi connectivity index (χ3v) is 7.31. The predicted molar refractivity (Wildman–Crippen MR) is 124 cm³/mol. The van der Waals surface area contributed by atoms with E-state index >= 15 is 0 Å². The van der Waals surface area contributed by atoms with Gasteiger partial charge in [0.15, 0.2) is 0 Å². The van der Waals surface area contributed by atoms with Crippen molar-refractivity contribution in [1.82, 2.24) is 19.7 Å². The van der Waals surface area contributed by atoms with E-state index in [2.05, 4.69) is 36.1 Å². The number of nitrogens with one attached hydrogen (secondary N) is 1. The molecule has 0 atom stereocenters. The molecule has 162 valence electrons. The number of carbonyl (C=O) groups excluding carboxylic acids is 1. The Hall–Kier alpha value is -3.54. The molecule has 2 aromatic heterocycles. The fourth-order valence-corrected chi connectivity index (χ4v) is 5.38. The number of hydrogen-bond acceptors (Lipinski definition) is 3. The second kappa shape index (κ2) is 6.73. The van der Waals surface area contributed by atoms with Crippen molar-refractivity contribution in [3.05, 3.63) is 71.0 Å². The van der Waals surface area contributed by atoms with Gasteiger partial charge in [-0.25, -0.2) is 0 Å². The first-order chi connectivity index (χ1) is 15.5. The van der Waals surface area contributed by atoms with Gasteiger partial charge in [0.25, 0.3) is 5.91 Å². The molecule has 32 heavy (non-hydrogen) atoms. The number of fused-ring (bicyclic) bond motifs is 5. The van der Waals surface area contributed by atoms with E-state index in [1.807, 2.05) is 53.2 Å². The number of carbonyl (C=O) groups is 1. The second-order valence-electron chi connectivity index (χ2n) is 9.02. The molecule has 1 N–H and O–H groups in total. The summed E-state index contributed by atoms with van der Waals surface area (Å²) in [5, 5.41) is 5.66. The second-order valence-corrected chi connectivity index (χ2v) is 9.02. The van der Waals surface area contributed by atoms with Gasteiger partial charge in [0.05, 0.1) is 23.0 Å². The monoisotopic (exact) mass is 426 g/mol. The fraction of sp³-hybridized carbons (Fsp3) is 0.308. The van der Waals surface area contributed by atoms with Crippen molar-refractivity contribution in [3.63, 3.8) is 0 Å². The average molecular weight is 427 g/mol. The zero-order valence-corrected chi connectivity index (χ0v) is 18.6. The van der Waals surface area contributed by atoms with E-state index in [4.69, 9.17) is 4.74 Å². The molecule has 0 unspecified atom stereocenters. The summed E-state index contributed by atoms with van der Waals surface area (Å²) < 4.78 is 8.56. The number of aromatic amines is 1. The summed E-state index contributed by atoms with van der Waals surface area (Å²) in [6, 6.07) is 14.1. The van der Waals surface area contributed by atoms with E-state index in [0.717, 1.165) is 57.6 Å². The van der Waals surface area contributed by atoms with Gasteiger partial charge in [-0.05, 0) is 37.6 Å². The number of nitrogens with zero attached hydrogens (tertiary/aromatic N) is 3. The normalized spacial score (nSPS) is 16.7. The third kappa shape index (κ3) is 2.58. The van der Waals surface area contributed by atoms with Crippen LogP contribution in [0.5, 0.6) is 5.75 Å². The summed E-state index contributed by atoms with van der Waals surface area (Å²) in [6.45, 7) is 5.43. The van der Waals surface area contributed by atoms with E-state index < -0.39 is 5.60 Å². The smallest absolute Gasteiger partial charge is 0.255 e. The van der Waals surface area contributed by atoms with Crippen LogP contribution in [0.1, 0.15) is 40.0 Å². The minimum atomic E-state index is -0.444. The number of benzene rings is 2. The molecule has 4 aromatic rings. The fourth-order valence-electron chi connectivity index (χ4n) is 5.38. The van der Waals surface area contributed by atoms with Gasteiger partial charge >= 0.3 is 0 Å². The Balaban J connectivity index is 1.31. The molecule has 2 aliphatic rings. The van der Waals surface area contributed by atoms with E-state index in [9.17, 15) is 4.79 Å². The summed E-state index contributed by atoms with van der Waals surface area (Å²) in [5.41, 5.74) is 6.87. The lowest BCUT2D eigenvalue weighted by atomic mass is 9.81. The molecule has 0 radical (unpaired) electrons. The van der Waals surface area contributed by atoms with Crippen molar-refractivity contribution in [1.29, 1.82) is 0 Å². The summed E-state index contributed by atoms with van der Waals surface area (Å²) in [6.07, 6.45) is 3.42. The molecule has 1 saturated heterocycles. The van der Waals surface area contributed by atoms with Gasteiger partial charge in [-0.3, -0.25) is 9.48 Å². The molecule has 6 nitrogen and oxygen atoms in total. The quantitative estimate of drug-likeness (QED) is 0.480. The van der Waals surface area contributed by atoms with Crippen molar-refractivity contribution < 1.29 is 9.53 Å². The molecule has 1 fully saturated rings. The van der Waals surface area contributed by atoms with Gasteiger partial charge in [-0.2, -0.15) is 5.10 Å². The highest BCUT2D eigenvalue weighted by Crippen LogP contribution is 2.49. The Bertz CT molecular complexity index is 1370. The Labute approximate surface area is 186 Å². The van der Waals surface area contributed by atoms with Gasteiger partial charge in [0, 0.05) is 55.2 Å². The van der Waals surface area contributed by atoms with Crippen molar-refractivity contribution in [2.45, 2.75) is 32.3 Å². The predicted octanol–water partition coefficient (Wildman–Crippen LogP) is 4.71. The highest BCUT2D eigenvalue weighted by Gasteiger charge is 2.46. The molecule has 1 amide bonds. The van der Waals surface area contributed by atoms with Crippen LogP contribution in [0.4, 0.5) is 0 Å². The van der Waals surface area contributed by atoms with E-state index in [0.29, 0.717) is 13.1 Å². The van der Waals surface area contributed by atoms with Crippen molar-refractivity contribution in [2.24, 2.45) is 7.05 Å². The maximum absolute atomic E-state index is 13.5. The van der Waals surface area contributed by atoms with E-state index in [1.54, 1.807) is 0 Å². The number of rotatable bonds is 1. The molecule has 0 bridgehead atoms. The summed E-state index contributed by atoms with van der Waals surface area (Å²) in [4.78, 5) is 18.9. The molecule has 1 spiro atoms. The van der Waals surface area contributed by atoms with Crippen LogP contribution in [0.2, 0.25) is 0 Å². The molecule has 2 aliphatic heterocycles.